The topological polar surface area (TPSA) is 41.1 Å². The first-order chi connectivity index (χ1) is 9.87. The van der Waals surface area contributed by atoms with Crippen LogP contribution in [0.25, 0.3) is 0 Å². The average molecular weight is 335 g/mol. The second-order valence-electron chi connectivity index (χ2n) is 5.52. The van der Waals surface area contributed by atoms with Crippen molar-refractivity contribution in [3.8, 4) is 0 Å². The fraction of sp³-hybridized carbons (Fsp3) is 0.500. The van der Waals surface area contributed by atoms with Crippen molar-refractivity contribution < 1.29 is 13.6 Å². The van der Waals surface area contributed by atoms with Crippen LogP contribution in [0.3, 0.4) is 0 Å². The lowest BCUT2D eigenvalue weighted by molar-refractivity contribution is -0.124. The molecule has 1 saturated heterocycles. The van der Waals surface area contributed by atoms with E-state index in [4.69, 9.17) is 23.2 Å². The van der Waals surface area contributed by atoms with Crippen molar-refractivity contribution in [2.45, 2.75) is 37.3 Å². The Morgan fingerprint density at radius 1 is 1.38 bits per heavy atom. The van der Waals surface area contributed by atoms with Gasteiger partial charge in [-0.15, -0.1) is 0 Å². The first kappa shape index (κ1) is 15.0. The van der Waals surface area contributed by atoms with E-state index >= 15 is 0 Å². The number of rotatable bonds is 2. The van der Waals surface area contributed by atoms with E-state index in [1.54, 1.807) is 6.07 Å². The number of benzene rings is 1. The average Bonchev–Trinajstić information content (AvgIpc) is 2.98. The molecule has 2 aliphatic rings. The van der Waals surface area contributed by atoms with Gasteiger partial charge in [0.05, 0.1) is 28.7 Å². The molecule has 1 aromatic carbocycles. The van der Waals surface area contributed by atoms with Gasteiger partial charge in [-0.05, 0) is 30.0 Å². The summed E-state index contributed by atoms with van der Waals surface area (Å²) in [6.45, 7) is -0.451. The quantitative estimate of drug-likeness (QED) is 0.872. The molecule has 21 heavy (non-hydrogen) atoms. The summed E-state index contributed by atoms with van der Waals surface area (Å²) in [5.74, 6) is -3.21. The number of carbonyl (C=O) groups excluding carboxylic acids is 1. The van der Waals surface area contributed by atoms with E-state index in [1.165, 1.54) is 0 Å². The van der Waals surface area contributed by atoms with E-state index in [0.717, 1.165) is 11.1 Å². The Morgan fingerprint density at radius 3 is 2.81 bits per heavy atom. The maximum Gasteiger partial charge on any atom is 0.262 e. The standard InChI is InChI=1S/C14H14Cl2F2N2O/c15-9-3-1-7-8(12(9)16)2-4-10(7)20-13(21)11-5-14(17,18)6-19-11/h1,3,10-11,19H,2,4-6H2,(H,20,21). The molecule has 0 aromatic heterocycles. The molecule has 1 fully saturated rings. The van der Waals surface area contributed by atoms with Crippen LogP contribution in [0.1, 0.15) is 30.0 Å². The summed E-state index contributed by atoms with van der Waals surface area (Å²) < 4.78 is 26.3. The Labute approximate surface area is 131 Å². The lowest BCUT2D eigenvalue weighted by Crippen LogP contribution is -2.41. The van der Waals surface area contributed by atoms with Crippen LogP contribution in [0.15, 0.2) is 12.1 Å². The van der Waals surface area contributed by atoms with Gasteiger partial charge in [0, 0.05) is 6.42 Å². The van der Waals surface area contributed by atoms with Gasteiger partial charge in [0.2, 0.25) is 5.91 Å². The molecular weight excluding hydrogens is 321 g/mol. The van der Waals surface area contributed by atoms with Crippen LogP contribution in [0.4, 0.5) is 8.78 Å². The molecule has 2 atom stereocenters. The smallest absolute Gasteiger partial charge is 0.262 e. The van der Waals surface area contributed by atoms with Gasteiger partial charge in [-0.25, -0.2) is 8.78 Å². The molecule has 3 rings (SSSR count). The third-order valence-corrected chi connectivity index (χ3v) is 4.88. The molecule has 0 bridgehead atoms. The largest absolute Gasteiger partial charge is 0.348 e. The second kappa shape index (κ2) is 5.38. The van der Waals surface area contributed by atoms with E-state index in [-0.39, 0.29) is 6.04 Å². The van der Waals surface area contributed by atoms with Gasteiger partial charge in [0.15, 0.2) is 0 Å². The molecule has 114 valence electrons. The van der Waals surface area contributed by atoms with E-state index in [1.807, 2.05) is 6.07 Å². The van der Waals surface area contributed by atoms with Crippen molar-refractivity contribution in [2.75, 3.05) is 6.54 Å². The Morgan fingerprint density at radius 2 is 2.14 bits per heavy atom. The van der Waals surface area contributed by atoms with Gasteiger partial charge < -0.3 is 5.32 Å². The van der Waals surface area contributed by atoms with E-state index in [9.17, 15) is 13.6 Å². The summed E-state index contributed by atoms with van der Waals surface area (Å²) in [5, 5.41) is 6.38. The van der Waals surface area contributed by atoms with E-state index in [0.29, 0.717) is 22.9 Å². The lowest BCUT2D eigenvalue weighted by Gasteiger charge is -2.17. The fourth-order valence-corrected chi connectivity index (χ4v) is 3.40. The summed E-state index contributed by atoms with van der Waals surface area (Å²) in [6, 6.07) is 2.48. The first-order valence-electron chi connectivity index (χ1n) is 6.76. The normalized spacial score (nSPS) is 26.7. The summed E-state index contributed by atoms with van der Waals surface area (Å²) in [6.07, 6.45) is 0.956. The van der Waals surface area contributed by atoms with Gasteiger partial charge in [0.25, 0.3) is 5.92 Å². The molecule has 1 aromatic rings. The number of hydrogen-bond donors (Lipinski definition) is 2. The minimum absolute atomic E-state index is 0.196. The molecular formula is C14H14Cl2F2N2O. The molecule has 1 aliphatic heterocycles. The third-order valence-electron chi connectivity index (χ3n) is 4.03. The molecule has 1 heterocycles. The van der Waals surface area contributed by atoms with Crippen molar-refractivity contribution in [1.29, 1.82) is 0 Å². The van der Waals surface area contributed by atoms with Gasteiger partial charge in [-0.2, -0.15) is 0 Å². The molecule has 7 heteroatoms. The summed E-state index contributed by atoms with van der Waals surface area (Å²) in [5.41, 5.74) is 1.85. The number of nitrogens with one attached hydrogen (secondary N) is 2. The molecule has 2 N–H and O–H groups in total. The Bertz CT molecular complexity index is 595. The highest BCUT2D eigenvalue weighted by Gasteiger charge is 2.43. The zero-order valence-corrected chi connectivity index (χ0v) is 12.6. The van der Waals surface area contributed by atoms with Gasteiger partial charge in [0.1, 0.15) is 0 Å². The van der Waals surface area contributed by atoms with E-state index < -0.39 is 30.8 Å². The number of hydrogen-bond acceptors (Lipinski definition) is 2. The summed E-state index contributed by atoms with van der Waals surface area (Å²) in [7, 11) is 0. The van der Waals surface area contributed by atoms with Crippen molar-refractivity contribution in [2.24, 2.45) is 0 Å². The number of amides is 1. The molecule has 0 spiro atoms. The first-order valence-corrected chi connectivity index (χ1v) is 7.51. The monoisotopic (exact) mass is 334 g/mol. The highest BCUT2D eigenvalue weighted by Crippen LogP contribution is 2.39. The molecule has 0 radical (unpaired) electrons. The molecule has 1 aliphatic carbocycles. The molecule has 1 amide bonds. The second-order valence-corrected chi connectivity index (χ2v) is 6.31. The number of halogens is 4. The fourth-order valence-electron chi connectivity index (χ4n) is 2.96. The predicted molar refractivity (Wildman–Crippen MR) is 77.0 cm³/mol. The van der Waals surface area contributed by atoms with Crippen LogP contribution < -0.4 is 10.6 Å². The Balaban J connectivity index is 1.71. The zero-order valence-electron chi connectivity index (χ0n) is 11.1. The van der Waals surface area contributed by atoms with Crippen molar-refractivity contribution in [3.63, 3.8) is 0 Å². The maximum atomic E-state index is 13.1. The van der Waals surface area contributed by atoms with Crippen LogP contribution in [0, 0.1) is 0 Å². The van der Waals surface area contributed by atoms with Gasteiger partial charge >= 0.3 is 0 Å². The van der Waals surface area contributed by atoms with Crippen LogP contribution in [-0.4, -0.2) is 24.4 Å². The van der Waals surface area contributed by atoms with Crippen molar-refractivity contribution >= 4 is 29.1 Å². The third kappa shape index (κ3) is 2.87. The molecule has 2 unspecified atom stereocenters. The Hall–Kier alpha value is -0.910. The van der Waals surface area contributed by atoms with Crippen molar-refractivity contribution in [3.05, 3.63) is 33.3 Å². The summed E-state index contributed by atoms with van der Waals surface area (Å²) >= 11 is 12.1. The zero-order chi connectivity index (χ0) is 15.2. The number of carbonyl (C=O) groups is 1. The Kier molecular flexibility index (Phi) is 3.84. The number of alkyl halides is 2. The minimum Gasteiger partial charge on any atom is -0.348 e. The highest BCUT2D eigenvalue weighted by molar-refractivity contribution is 6.42. The predicted octanol–water partition coefficient (Wildman–Crippen LogP) is 3.09. The molecule has 0 saturated carbocycles. The van der Waals surface area contributed by atoms with Gasteiger partial charge in [-0.1, -0.05) is 29.3 Å². The van der Waals surface area contributed by atoms with Crippen LogP contribution in [0.2, 0.25) is 10.0 Å². The summed E-state index contributed by atoms with van der Waals surface area (Å²) in [4.78, 5) is 12.1. The van der Waals surface area contributed by atoms with Gasteiger partial charge in [-0.3, -0.25) is 10.1 Å². The molecule has 3 nitrogen and oxygen atoms in total. The maximum absolute atomic E-state index is 13.1. The van der Waals surface area contributed by atoms with Crippen LogP contribution >= 0.6 is 23.2 Å². The minimum atomic E-state index is -2.81. The number of fused-ring (bicyclic) bond motifs is 1. The van der Waals surface area contributed by atoms with Crippen LogP contribution in [-0.2, 0) is 11.2 Å². The highest BCUT2D eigenvalue weighted by atomic mass is 35.5. The SMILES string of the molecule is O=C(NC1CCc2c1ccc(Cl)c2Cl)C1CC(F)(F)CN1. The van der Waals surface area contributed by atoms with Crippen LogP contribution in [0.5, 0.6) is 0 Å². The van der Waals surface area contributed by atoms with E-state index in [2.05, 4.69) is 10.6 Å². The lowest BCUT2D eigenvalue weighted by atomic mass is 10.1. The van der Waals surface area contributed by atoms with Crippen molar-refractivity contribution in [1.82, 2.24) is 10.6 Å².